The van der Waals surface area contributed by atoms with Gasteiger partial charge in [-0.25, -0.2) is 0 Å². The fraction of sp³-hybridized carbons (Fsp3) is 0.867. The van der Waals surface area contributed by atoms with Gasteiger partial charge in [0.15, 0.2) is 0 Å². The zero-order chi connectivity index (χ0) is 13.3. The van der Waals surface area contributed by atoms with Gasteiger partial charge in [0.05, 0.1) is 0 Å². The van der Waals surface area contributed by atoms with Crippen LogP contribution < -0.4 is 5.32 Å². The Labute approximate surface area is 108 Å². The molecule has 0 aliphatic carbocycles. The molecule has 0 heterocycles. The molecule has 0 bridgehead atoms. The Bertz CT molecular complexity index is 243. The molecule has 0 radical (unpaired) electrons. The summed E-state index contributed by atoms with van der Waals surface area (Å²) in [5.41, 5.74) is 0.255. The van der Waals surface area contributed by atoms with Crippen LogP contribution >= 0.6 is 0 Å². The minimum Gasteiger partial charge on any atom is -0.312 e. The van der Waals surface area contributed by atoms with Crippen molar-refractivity contribution >= 4 is 0 Å². The third kappa shape index (κ3) is 4.33. The zero-order valence-corrected chi connectivity index (χ0v) is 12.6. The van der Waals surface area contributed by atoms with Crippen molar-refractivity contribution in [2.45, 2.75) is 65.0 Å². The number of rotatable bonds is 8. The molecule has 17 heavy (non-hydrogen) atoms. The first kappa shape index (κ1) is 16.5. The van der Waals surface area contributed by atoms with E-state index in [9.17, 15) is 0 Å². The van der Waals surface area contributed by atoms with Gasteiger partial charge in [0.25, 0.3) is 0 Å². The van der Waals surface area contributed by atoms with Gasteiger partial charge in [-0.2, -0.15) is 0 Å². The summed E-state index contributed by atoms with van der Waals surface area (Å²) in [4.78, 5) is 2.39. The number of nitrogens with one attached hydrogen (secondary N) is 1. The van der Waals surface area contributed by atoms with Crippen molar-refractivity contribution in [1.29, 1.82) is 0 Å². The SMILES string of the molecule is CC#CCCC(NCC)C(CC)(CC)N(C)C. The highest BCUT2D eigenvalue weighted by Crippen LogP contribution is 2.28. The van der Waals surface area contributed by atoms with Crippen LogP contribution in [0.2, 0.25) is 0 Å². The number of nitrogens with zero attached hydrogens (tertiary/aromatic N) is 1. The van der Waals surface area contributed by atoms with E-state index >= 15 is 0 Å². The zero-order valence-electron chi connectivity index (χ0n) is 12.6. The molecule has 1 unspecified atom stereocenters. The molecule has 0 aliphatic rings. The molecule has 2 heteroatoms. The third-order valence-electron chi connectivity index (χ3n) is 3.95. The van der Waals surface area contributed by atoms with Crippen LogP contribution in [0, 0.1) is 11.8 Å². The second-order valence-electron chi connectivity index (χ2n) is 4.78. The topological polar surface area (TPSA) is 15.3 Å². The van der Waals surface area contributed by atoms with Crippen LogP contribution in [0.3, 0.4) is 0 Å². The van der Waals surface area contributed by atoms with E-state index in [2.05, 4.69) is 56.9 Å². The fourth-order valence-corrected chi connectivity index (χ4v) is 2.84. The van der Waals surface area contributed by atoms with E-state index in [1.807, 2.05) is 6.92 Å². The standard InChI is InChI=1S/C15H30N2/c1-7-11-12-13-14(16-10-4)15(8-2,9-3)17(5)6/h14,16H,8-10,12-13H2,1-6H3. The largest absolute Gasteiger partial charge is 0.312 e. The van der Waals surface area contributed by atoms with Crippen LogP contribution in [0.15, 0.2) is 0 Å². The highest BCUT2D eigenvalue weighted by atomic mass is 15.2. The summed E-state index contributed by atoms with van der Waals surface area (Å²) in [5.74, 6) is 6.18. The summed E-state index contributed by atoms with van der Waals surface area (Å²) in [5, 5.41) is 3.66. The van der Waals surface area contributed by atoms with Gasteiger partial charge >= 0.3 is 0 Å². The summed E-state index contributed by atoms with van der Waals surface area (Å²) in [7, 11) is 4.39. The van der Waals surface area contributed by atoms with E-state index in [4.69, 9.17) is 0 Å². The number of hydrogen-bond acceptors (Lipinski definition) is 2. The van der Waals surface area contributed by atoms with Crippen LogP contribution in [-0.2, 0) is 0 Å². The highest BCUT2D eigenvalue weighted by Gasteiger charge is 2.36. The Morgan fingerprint density at radius 3 is 2.12 bits per heavy atom. The maximum Gasteiger partial charge on any atom is 0.0351 e. The van der Waals surface area contributed by atoms with Crippen molar-refractivity contribution in [2.75, 3.05) is 20.6 Å². The van der Waals surface area contributed by atoms with Crippen molar-refractivity contribution in [3.05, 3.63) is 0 Å². The van der Waals surface area contributed by atoms with Crippen LogP contribution in [0.25, 0.3) is 0 Å². The Kier molecular flexibility index (Phi) is 8.29. The fourth-order valence-electron chi connectivity index (χ4n) is 2.84. The Hall–Kier alpha value is -0.520. The van der Waals surface area contributed by atoms with Crippen LogP contribution in [0.1, 0.15) is 53.4 Å². The lowest BCUT2D eigenvalue weighted by molar-refractivity contribution is 0.0855. The van der Waals surface area contributed by atoms with Crippen molar-refractivity contribution in [3.63, 3.8) is 0 Å². The quantitative estimate of drug-likeness (QED) is 0.654. The van der Waals surface area contributed by atoms with Gasteiger partial charge in [0, 0.05) is 18.0 Å². The lowest BCUT2D eigenvalue weighted by atomic mass is 9.81. The van der Waals surface area contributed by atoms with E-state index in [1.54, 1.807) is 0 Å². The molecule has 0 saturated carbocycles. The molecule has 1 N–H and O–H groups in total. The molecule has 100 valence electrons. The van der Waals surface area contributed by atoms with Gasteiger partial charge in [0.2, 0.25) is 0 Å². The third-order valence-corrected chi connectivity index (χ3v) is 3.95. The van der Waals surface area contributed by atoms with Gasteiger partial charge in [-0.15, -0.1) is 11.8 Å². The first-order valence-electron chi connectivity index (χ1n) is 6.89. The maximum absolute atomic E-state index is 3.66. The Balaban J connectivity index is 4.85. The average molecular weight is 238 g/mol. The first-order chi connectivity index (χ1) is 8.08. The molecule has 0 aromatic rings. The van der Waals surface area contributed by atoms with Gasteiger partial charge in [-0.3, -0.25) is 0 Å². The Morgan fingerprint density at radius 1 is 1.18 bits per heavy atom. The molecular weight excluding hydrogens is 208 g/mol. The maximum atomic E-state index is 3.66. The van der Waals surface area contributed by atoms with Crippen LogP contribution in [0.5, 0.6) is 0 Å². The molecular formula is C15H30N2. The van der Waals surface area contributed by atoms with E-state index < -0.39 is 0 Å². The summed E-state index contributed by atoms with van der Waals surface area (Å²) in [6.07, 6.45) is 4.47. The molecule has 0 saturated heterocycles. The average Bonchev–Trinajstić information content (AvgIpc) is 2.31. The van der Waals surface area contributed by atoms with Crippen molar-refractivity contribution in [3.8, 4) is 11.8 Å². The van der Waals surface area contributed by atoms with Crippen LogP contribution in [-0.4, -0.2) is 37.1 Å². The molecule has 0 aromatic carbocycles. The lowest BCUT2D eigenvalue weighted by Crippen LogP contribution is -2.58. The summed E-state index contributed by atoms with van der Waals surface area (Å²) >= 11 is 0. The smallest absolute Gasteiger partial charge is 0.0351 e. The van der Waals surface area contributed by atoms with E-state index in [1.165, 1.54) is 12.8 Å². The highest BCUT2D eigenvalue weighted by molar-refractivity contribution is 5.01. The molecule has 0 aromatic heterocycles. The van der Waals surface area contributed by atoms with Gasteiger partial charge in [-0.05, 0) is 46.8 Å². The van der Waals surface area contributed by atoms with Gasteiger partial charge in [-0.1, -0.05) is 20.8 Å². The van der Waals surface area contributed by atoms with Crippen LogP contribution in [0.4, 0.5) is 0 Å². The van der Waals surface area contributed by atoms with Gasteiger partial charge < -0.3 is 10.2 Å². The van der Waals surface area contributed by atoms with Crippen molar-refractivity contribution < 1.29 is 0 Å². The normalized spacial score (nSPS) is 13.4. The first-order valence-corrected chi connectivity index (χ1v) is 6.89. The lowest BCUT2D eigenvalue weighted by Gasteiger charge is -2.45. The monoisotopic (exact) mass is 238 g/mol. The molecule has 0 spiro atoms. The predicted molar refractivity (Wildman–Crippen MR) is 77.1 cm³/mol. The molecule has 0 fully saturated rings. The second-order valence-corrected chi connectivity index (χ2v) is 4.78. The molecule has 1 atom stereocenters. The molecule has 2 nitrogen and oxygen atoms in total. The summed E-state index contributed by atoms with van der Waals surface area (Å²) in [6, 6.07) is 0.526. The minimum absolute atomic E-state index is 0.255. The van der Waals surface area contributed by atoms with E-state index in [0.29, 0.717) is 6.04 Å². The van der Waals surface area contributed by atoms with Crippen molar-refractivity contribution in [1.82, 2.24) is 10.2 Å². The van der Waals surface area contributed by atoms with E-state index in [0.717, 1.165) is 19.4 Å². The van der Waals surface area contributed by atoms with E-state index in [-0.39, 0.29) is 5.54 Å². The predicted octanol–water partition coefficient (Wildman–Crippen LogP) is 2.89. The van der Waals surface area contributed by atoms with Crippen molar-refractivity contribution in [2.24, 2.45) is 0 Å². The Morgan fingerprint density at radius 2 is 1.76 bits per heavy atom. The summed E-state index contributed by atoms with van der Waals surface area (Å²) in [6.45, 7) is 9.71. The molecule has 0 aliphatic heterocycles. The second kappa shape index (κ2) is 8.55. The summed E-state index contributed by atoms with van der Waals surface area (Å²) < 4.78 is 0. The minimum atomic E-state index is 0.255. The molecule has 0 rings (SSSR count). The molecule has 0 amide bonds. The number of hydrogen-bond donors (Lipinski definition) is 1. The number of likely N-dealkylation sites (N-methyl/N-ethyl adjacent to an activating group) is 2. The van der Waals surface area contributed by atoms with Gasteiger partial charge in [0.1, 0.15) is 0 Å².